The Balaban J connectivity index is 2.12. The maximum absolute atomic E-state index is 12.1. The van der Waals surface area contributed by atoms with E-state index in [-0.39, 0.29) is 5.97 Å². The second-order valence-electron chi connectivity index (χ2n) is 5.48. The van der Waals surface area contributed by atoms with Crippen molar-refractivity contribution in [3.8, 4) is 5.75 Å². The molecule has 0 amide bonds. The molecular formula is C14H19NO3S. The monoisotopic (exact) mass is 281 g/mol. The summed E-state index contributed by atoms with van der Waals surface area (Å²) in [7, 11) is 0. The summed E-state index contributed by atoms with van der Waals surface area (Å²) in [6.07, 6.45) is -0.675. The van der Waals surface area contributed by atoms with E-state index in [0.717, 1.165) is 10.6 Å². The molecule has 0 saturated heterocycles. The molecule has 1 aromatic carbocycles. The van der Waals surface area contributed by atoms with E-state index in [1.807, 2.05) is 45.0 Å². The molecular weight excluding hydrogens is 262 g/mol. The van der Waals surface area contributed by atoms with Crippen molar-refractivity contribution in [1.82, 2.24) is 0 Å². The second kappa shape index (κ2) is 5.43. The van der Waals surface area contributed by atoms with Crippen molar-refractivity contribution in [1.29, 1.82) is 0 Å². The Morgan fingerprint density at radius 3 is 2.79 bits per heavy atom. The fourth-order valence-corrected chi connectivity index (χ4v) is 2.87. The lowest BCUT2D eigenvalue weighted by Crippen LogP contribution is -2.43. The SMILES string of the molecule is CC(C)(C)OC(=O)[C@@H]1CSc2ccccc2OC1N. The molecule has 0 fully saturated rings. The Morgan fingerprint density at radius 1 is 1.42 bits per heavy atom. The zero-order valence-electron chi connectivity index (χ0n) is 11.4. The molecule has 4 nitrogen and oxygen atoms in total. The van der Waals surface area contributed by atoms with Gasteiger partial charge in [-0.15, -0.1) is 11.8 Å². The number of carbonyl (C=O) groups is 1. The number of esters is 1. The van der Waals surface area contributed by atoms with Gasteiger partial charge in [0.25, 0.3) is 0 Å². The zero-order valence-corrected chi connectivity index (χ0v) is 12.2. The molecule has 104 valence electrons. The van der Waals surface area contributed by atoms with Crippen molar-refractivity contribution in [2.75, 3.05) is 5.75 Å². The molecule has 1 heterocycles. The molecule has 1 aliphatic rings. The van der Waals surface area contributed by atoms with Crippen LogP contribution in [0.3, 0.4) is 0 Å². The van der Waals surface area contributed by atoms with Crippen LogP contribution >= 0.6 is 11.8 Å². The summed E-state index contributed by atoms with van der Waals surface area (Å²) >= 11 is 1.57. The third-order valence-corrected chi connectivity index (χ3v) is 3.81. The third kappa shape index (κ3) is 3.64. The van der Waals surface area contributed by atoms with E-state index in [2.05, 4.69) is 0 Å². The highest BCUT2D eigenvalue weighted by atomic mass is 32.2. The van der Waals surface area contributed by atoms with Crippen LogP contribution in [0, 0.1) is 5.92 Å². The number of thioether (sulfide) groups is 1. The minimum Gasteiger partial charge on any atom is -0.473 e. The lowest BCUT2D eigenvalue weighted by Gasteiger charge is -2.25. The zero-order chi connectivity index (χ0) is 14.0. The van der Waals surface area contributed by atoms with E-state index >= 15 is 0 Å². The summed E-state index contributed by atoms with van der Waals surface area (Å²) in [4.78, 5) is 13.1. The van der Waals surface area contributed by atoms with E-state index < -0.39 is 17.7 Å². The van der Waals surface area contributed by atoms with Crippen molar-refractivity contribution in [3.63, 3.8) is 0 Å². The number of hydrogen-bond donors (Lipinski definition) is 1. The van der Waals surface area contributed by atoms with Crippen molar-refractivity contribution < 1.29 is 14.3 Å². The van der Waals surface area contributed by atoms with Gasteiger partial charge in [-0.3, -0.25) is 10.5 Å². The normalized spacial score (nSPS) is 22.9. The first-order valence-corrected chi connectivity index (χ1v) is 7.22. The Morgan fingerprint density at radius 2 is 2.11 bits per heavy atom. The molecule has 1 aromatic rings. The Bertz CT molecular complexity index is 470. The number of hydrogen-bond acceptors (Lipinski definition) is 5. The van der Waals surface area contributed by atoms with Gasteiger partial charge in [0.05, 0.1) is 0 Å². The Kier molecular flexibility index (Phi) is 4.06. The quantitative estimate of drug-likeness (QED) is 0.801. The molecule has 0 bridgehead atoms. The summed E-state index contributed by atoms with van der Waals surface area (Å²) in [5.74, 6) is 0.524. The smallest absolute Gasteiger partial charge is 0.315 e. The minimum atomic E-state index is -0.675. The van der Waals surface area contributed by atoms with Crippen LogP contribution in [0.2, 0.25) is 0 Å². The van der Waals surface area contributed by atoms with Crippen LogP contribution in [0.1, 0.15) is 20.8 Å². The van der Waals surface area contributed by atoms with E-state index in [9.17, 15) is 4.79 Å². The van der Waals surface area contributed by atoms with Gasteiger partial charge in [0.1, 0.15) is 17.3 Å². The first-order chi connectivity index (χ1) is 8.87. The summed E-state index contributed by atoms with van der Waals surface area (Å²) in [5, 5.41) is 0. The molecule has 5 heteroatoms. The maximum atomic E-state index is 12.1. The standard InChI is InChI=1S/C14H19NO3S/c1-14(2,3)18-13(16)9-8-19-11-7-5-4-6-10(11)17-12(9)15/h4-7,9,12H,8,15H2,1-3H3/t9-,12?/m1/s1. The molecule has 2 rings (SSSR count). The van der Waals surface area contributed by atoms with E-state index in [1.165, 1.54) is 0 Å². The van der Waals surface area contributed by atoms with Gasteiger partial charge < -0.3 is 9.47 Å². The van der Waals surface area contributed by atoms with E-state index in [4.69, 9.17) is 15.2 Å². The number of nitrogens with two attached hydrogens (primary N) is 1. The van der Waals surface area contributed by atoms with Crippen LogP contribution in [0.4, 0.5) is 0 Å². The number of benzene rings is 1. The van der Waals surface area contributed by atoms with Gasteiger partial charge in [-0.2, -0.15) is 0 Å². The average molecular weight is 281 g/mol. The topological polar surface area (TPSA) is 61.5 Å². The molecule has 0 spiro atoms. The van der Waals surface area contributed by atoms with E-state index in [0.29, 0.717) is 5.75 Å². The predicted octanol–water partition coefficient (Wildman–Crippen LogP) is 2.41. The number of ether oxygens (including phenoxy) is 2. The highest BCUT2D eigenvalue weighted by molar-refractivity contribution is 7.99. The van der Waals surface area contributed by atoms with Crippen LogP contribution in [0.25, 0.3) is 0 Å². The van der Waals surface area contributed by atoms with Crippen molar-refractivity contribution in [2.24, 2.45) is 11.7 Å². The summed E-state index contributed by atoms with van der Waals surface area (Å²) < 4.78 is 11.1. The molecule has 1 aliphatic heterocycles. The Hall–Kier alpha value is -1.20. The van der Waals surface area contributed by atoms with Gasteiger partial charge in [-0.05, 0) is 32.9 Å². The lowest BCUT2D eigenvalue weighted by molar-refractivity contribution is -0.162. The maximum Gasteiger partial charge on any atom is 0.315 e. The minimum absolute atomic E-state index is 0.305. The molecule has 0 aliphatic carbocycles. The van der Waals surface area contributed by atoms with E-state index in [1.54, 1.807) is 11.8 Å². The highest BCUT2D eigenvalue weighted by Gasteiger charge is 2.34. The highest BCUT2D eigenvalue weighted by Crippen LogP contribution is 2.35. The molecule has 0 aromatic heterocycles. The number of rotatable bonds is 1. The summed E-state index contributed by atoms with van der Waals surface area (Å²) in [6.45, 7) is 5.53. The lowest BCUT2D eigenvalue weighted by atomic mass is 10.1. The first-order valence-electron chi connectivity index (χ1n) is 6.24. The van der Waals surface area contributed by atoms with Crippen molar-refractivity contribution in [3.05, 3.63) is 24.3 Å². The van der Waals surface area contributed by atoms with Crippen molar-refractivity contribution >= 4 is 17.7 Å². The molecule has 0 radical (unpaired) electrons. The summed E-state index contributed by atoms with van der Waals surface area (Å²) in [5.41, 5.74) is 5.46. The molecule has 2 N–H and O–H groups in total. The predicted molar refractivity (Wildman–Crippen MR) is 75.1 cm³/mol. The van der Waals surface area contributed by atoms with Gasteiger partial charge in [0.15, 0.2) is 6.23 Å². The fraction of sp³-hybridized carbons (Fsp3) is 0.500. The number of fused-ring (bicyclic) bond motifs is 1. The van der Waals surface area contributed by atoms with Crippen LogP contribution in [-0.4, -0.2) is 23.6 Å². The van der Waals surface area contributed by atoms with Gasteiger partial charge in [-0.25, -0.2) is 0 Å². The van der Waals surface area contributed by atoms with Crippen LogP contribution < -0.4 is 10.5 Å². The molecule has 19 heavy (non-hydrogen) atoms. The third-order valence-electron chi connectivity index (χ3n) is 2.64. The summed E-state index contributed by atoms with van der Waals surface area (Å²) in [6, 6.07) is 7.65. The van der Waals surface area contributed by atoms with Crippen LogP contribution in [0.15, 0.2) is 29.2 Å². The van der Waals surface area contributed by atoms with Crippen LogP contribution in [0.5, 0.6) is 5.75 Å². The largest absolute Gasteiger partial charge is 0.473 e. The first kappa shape index (κ1) is 14.2. The van der Waals surface area contributed by atoms with Gasteiger partial charge >= 0.3 is 5.97 Å². The molecule has 0 saturated carbocycles. The molecule has 1 unspecified atom stereocenters. The molecule has 2 atom stereocenters. The van der Waals surface area contributed by atoms with Crippen molar-refractivity contribution in [2.45, 2.75) is 37.5 Å². The number of para-hydroxylation sites is 1. The van der Waals surface area contributed by atoms with Crippen LogP contribution in [-0.2, 0) is 9.53 Å². The van der Waals surface area contributed by atoms with Gasteiger partial charge in [0, 0.05) is 10.6 Å². The Labute approximate surface area is 117 Å². The van der Waals surface area contributed by atoms with Gasteiger partial charge in [0.2, 0.25) is 0 Å². The second-order valence-corrected chi connectivity index (χ2v) is 6.54. The fourth-order valence-electron chi connectivity index (χ4n) is 1.75. The average Bonchev–Trinajstić information content (AvgIpc) is 2.44. The number of carbonyl (C=O) groups excluding carboxylic acids is 1. The van der Waals surface area contributed by atoms with Gasteiger partial charge in [-0.1, -0.05) is 12.1 Å².